The minimum absolute atomic E-state index is 0.773. The number of hydrogen-bond acceptors (Lipinski definition) is 1. The van der Waals surface area contributed by atoms with Gasteiger partial charge in [0.1, 0.15) is 0 Å². The third-order valence-electron chi connectivity index (χ3n) is 2.68. The summed E-state index contributed by atoms with van der Waals surface area (Å²) in [6, 6.07) is 8.71. The Balaban J connectivity index is 2.61. The topological polar surface area (TPSA) is 9.23 Å². The van der Waals surface area contributed by atoms with Crippen LogP contribution in [-0.4, -0.2) is 7.11 Å². The average molecular weight is 218 g/mol. The normalized spacial score (nSPS) is 11.9. The van der Waals surface area contributed by atoms with Crippen LogP contribution in [0.1, 0.15) is 38.3 Å². The first-order valence-electron chi connectivity index (χ1n) is 5.93. The number of aryl methyl sites for hydroxylation is 1. The number of allylic oxidation sites excluding steroid dienone is 1. The molecule has 0 atom stereocenters. The highest BCUT2D eigenvalue weighted by atomic mass is 16.5. The number of rotatable bonds is 5. The van der Waals surface area contributed by atoms with E-state index in [-0.39, 0.29) is 0 Å². The summed E-state index contributed by atoms with van der Waals surface area (Å²) in [5.41, 5.74) is 2.62. The molecule has 1 aromatic carbocycles. The molecule has 1 rings (SSSR count). The SMILES string of the molecule is CO/C(C)=C\c1ccc(CCC(C)C)cc1. The van der Waals surface area contributed by atoms with Gasteiger partial charge in [0.15, 0.2) is 0 Å². The van der Waals surface area contributed by atoms with E-state index in [4.69, 9.17) is 4.74 Å². The summed E-state index contributed by atoms with van der Waals surface area (Å²) in [5.74, 6) is 1.71. The highest BCUT2D eigenvalue weighted by Gasteiger charge is 1.97. The Morgan fingerprint density at radius 3 is 2.38 bits per heavy atom. The molecule has 0 fully saturated rings. The molecule has 88 valence electrons. The second kappa shape index (κ2) is 6.37. The Kier molecular flexibility index (Phi) is 5.10. The Morgan fingerprint density at radius 2 is 1.88 bits per heavy atom. The van der Waals surface area contributed by atoms with E-state index in [1.165, 1.54) is 24.0 Å². The van der Waals surface area contributed by atoms with Crippen LogP contribution in [0.5, 0.6) is 0 Å². The van der Waals surface area contributed by atoms with Gasteiger partial charge in [0.25, 0.3) is 0 Å². The van der Waals surface area contributed by atoms with Gasteiger partial charge in [0, 0.05) is 0 Å². The summed E-state index contributed by atoms with van der Waals surface area (Å²) < 4.78 is 5.12. The minimum atomic E-state index is 0.773. The first-order chi connectivity index (χ1) is 7.61. The van der Waals surface area contributed by atoms with E-state index >= 15 is 0 Å². The van der Waals surface area contributed by atoms with Crippen LogP contribution in [0, 0.1) is 5.92 Å². The lowest BCUT2D eigenvalue weighted by Gasteiger charge is -2.05. The number of benzene rings is 1. The smallest absolute Gasteiger partial charge is 0.0930 e. The molecule has 0 saturated heterocycles. The largest absolute Gasteiger partial charge is 0.501 e. The lowest BCUT2D eigenvalue weighted by Crippen LogP contribution is -1.92. The van der Waals surface area contributed by atoms with Crippen LogP contribution in [-0.2, 0) is 11.2 Å². The van der Waals surface area contributed by atoms with E-state index in [0.717, 1.165) is 11.7 Å². The van der Waals surface area contributed by atoms with Crippen LogP contribution in [0.25, 0.3) is 6.08 Å². The quantitative estimate of drug-likeness (QED) is 0.670. The van der Waals surface area contributed by atoms with Crippen LogP contribution >= 0.6 is 0 Å². The molecule has 1 aromatic rings. The minimum Gasteiger partial charge on any atom is -0.501 e. The zero-order chi connectivity index (χ0) is 12.0. The van der Waals surface area contributed by atoms with Crippen molar-refractivity contribution >= 4 is 6.08 Å². The maximum Gasteiger partial charge on any atom is 0.0930 e. The molecule has 0 aliphatic heterocycles. The van der Waals surface area contributed by atoms with Crippen molar-refractivity contribution in [3.63, 3.8) is 0 Å². The third kappa shape index (κ3) is 4.52. The fraction of sp³-hybridized carbons (Fsp3) is 0.467. The summed E-state index contributed by atoms with van der Waals surface area (Å²) in [7, 11) is 1.70. The molecule has 0 aliphatic rings. The van der Waals surface area contributed by atoms with Gasteiger partial charge in [-0.05, 0) is 42.9 Å². The number of ether oxygens (including phenoxy) is 1. The molecule has 0 aromatic heterocycles. The molecule has 0 bridgehead atoms. The van der Waals surface area contributed by atoms with E-state index in [9.17, 15) is 0 Å². The predicted octanol–water partition coefficient (Wildman–Crippen LogP) is 4.28. The van der Waals surface area contributed by atoms with Gasteiger partial charge in [0.05, 0.1) is 12.9 Å². The van der Waals surface area contributed by atoms with Crippen LogP contribution in [0.3, 0.4) is 0 Å². The van der Waals surface area contributed by atoms with E-state index < -0.39 is 0 Å². The molecule has 0 spiro atoms. The van der Waals surface area contributed by atoms with Gasteiger partial charge in [-0.1, -0.05) is 38.1 Å². The molecule has 0 saturated carbocycles. The van der Waals surface area contributed by atoms with Crippen molar-refractivity contribution in [3.8, 4) is 0 Å². The van der Waals surface area contributed by atoms with Crippen molar-refractivity contribution in [2.45, 2.75) is 33.6 Å². The highest BCUT2D eigenvalue weighted by Crippen LogP contribution is 2.12. The molecule has 1 heteroatoms. The fourth-order valence-electron chi connectivity index (χ4n) is 1.53. The Bertz CT molecular complexity index is 333. The maximum atomic E-state index is 5.12. The first kappa shape index (κ1) is 12.8. The van der Waals surface area contributed by atoms with Crippen molar-refractivity contribution in [1.82, 2.24) is 0 Å². The van der Waals surface area contributed by atoms with Gasteiger partial charge < -0.3 is 4.74 Å². The van der Waals surface area contributed by atoms with Crippen molar-refractivity contribution in [1.29, 1.82) is 0 Å². The standard InChI is InChI=1S/C15H22O/c1-12(2)5-6-14-7-9-15(10-8-14)11-13(3)16-4/h7-12H,5-6H2,1-4H3/b13-11-. The van der Waals surface area contributed by atoms with Gasteiger partial charge in [-0.25, -0.2) is 0 Å². The van der Waals surface area contributed by atoms with Gasteiger partial charge in [-0.2, -0.15) is 0 Å². The molecule has 16 heavy (non-hydrogen) atoms. The summed E-state index contributed by atoms with van der Waals surface area (Å²) in [6.07, 6.45) is 4.48. The zero-order valence-corrected chi connectivity index (χ0v) is 10.8. The molecular formula is C15H22O. The maximum absolute atomic E-state index is 5.12. The van der Waals surface area contributed by atoms with E-state index in [2.05, 4.69) is 38.1 Å². The van der Waals surface area contributed by atoms with Gasteiger partial charge in [-0.3, -0.25) is 0 Å². The van der Waals surface area contributed by atoms with E-state index in [1.807, 2.05) is 13.0 Å². The van der Waals surface area contributed by atoms with Crippen LogP contribution in [0.2, 0.25) is 0 Å². The summed E-state index contributed by atoms with van der Waals surface area (Å²) >= 11 is 0. The van der Waals surface area contributed by atoms with E-state index in [0.29, 0.717) is 0 Å². The van der Waals surface area contributed by atoms with Crippen molar-refractivity contribution in [2.24, 2.45) is 5.92 Å². The van der Waals surface area contributed by atoms with Crippen molar-refractivity contribution in [3.05, 3.63) is 41.2 Å². The van der Waals surface area contributed by atoms with Crippen LogP contribution < -0.4 is 0 Å². The number of methoxy groups -OCH3 is 1. The fourth-order valence-corrected chi connectivity index (χ4v) is 1.53. The average Bonchev–Trinajstić information content (AvgIpc) is 2.28. The van der Waals surface area contributed by atoms with Gasteiger partial charge in [-0.15, -0.1) is 0 Å². The molecule has 0 radical (unpaired) electrons. The van der Waals surface area contributed by atoms with Gasteiger partial charge >= 0.3 is 0 Å². The van der Waals surface area contributed by atoms with Gasteiger partial charge in [0.2, 0.25) is 0 Å². The molecule has 0 aliphatic carbocycles. The monoisotopic (exact) mass is 218 g/mol. The highest BCUT2D eigenvalue weighted by molar-refractivity contribution is 5.51. The number of hydrogen-bond donors (Lipinski definition) is 0. The Labute approximate surface area is 99.1 Å². The Morgan fingerprint density at radius 1 is 1.25 bits per heavy atom. The Hall–Kier alpha value is -1.24. The lowest BCUT2D eigenvalue weighted by molar-refractivity contribution is 0.297. The predicted molar refractivity (Wildman–Crippen MR) is 70.3 cm³/mol. The zero-order valence-electron chi connectivity index (χ0n) is 10.8. The first-order valence-corrected chi connectivity index (χ1v) is 5.93. The molecule has 0 N–H and O–H groups in total. The second-order valence-corrected chi connectivity index (χ2v) is 4.63. The summed E-state index contributed by atoms with van der Waals surface area (Å²) in [6.45, 7) is 6.49. The lowest BCUT2D eigenvalue weighted by atomic mass is 10.0. The molecule has 0 unspecified atom stereocenters. The van der Waals surface area contributed by atoms with E-state index in [1.54, 1.807) is 7.11 Å². The molecule has 1 nitrogen and oxygen atoms in total. The summed E-state index contributed by atoms with van der Waals surface area (Å²) in [5, 5.41) is 0. The van der Waals surface area contributed by atoms with Crippen molar-refractivity contribution < 1.29 is 4.74 Å². The molecule has 0 amide bonds. The third-order valence-corrected chi connectivity index (χ3v) is 2.68. The van der Waals surface area contributed by atoms with Crippen LogP contribution in [0.4, 0.5) is 0 Å². The van der Waals surface area contributed by atoms with Crippen LogP contribution in [0.15, 0.2) is 30.0 Å². The van der Waals surface area contributed by atoms with Crippen molar-refractivity contribution in [2.75, 3.05) is 7.11 Å². The second-order valence-electron chi connectivity index (χ2n) is 4.63. The molecule has 0 heterocycles. The molecular weight excluding hydrogens is 196 g/mol. The summed E-state index contributed by atoms with van der Waals surface area (Å²) in [4.78, 5) is 0.